The average Bonchev–Trinajstić information content (AvgIpc) is 1.52. The summed E-state index contributed by atoms with van der Waals surface area (Å²) in [6.45, 7) is 12.9. The van der Waals surface area contributed by atoms with Gasteiger partial charge in [0.2, 0.25) is 17.5 Å². The highest BCUT2D eigenvalue weighted by molar-refractivity contribution is 7.20. The molecule has 0 saturated heterocycles. The van der Waals surface area contributed by atoms with Crippen LogP contribution in [-0.4, -0.2) is 122 Å². The number of unbranched alkanes of at least 4 members (excludes halogenated alkanes) is 2. The molecular weight excluding hydrogens is 1570 g/mol. The number of imide groups is 2. The molecule has 0 unspecified atom stereocenters. The first-order valence-corrected chi connectivity index (χ1v) is 40.8. The largest absolute Gasteiger partial charge is 0.423 e. The fourth-order valence-electron chi connectivity index (χ4n) is 15.8. The average molecular weight is 1640 g/mol. The number of benzene rings is 10. The second-order valence-electron chi connectivity index (χ2n) is 29.4. The van der Waals surface area contributed by atoms with Crippen LogP contribution in [-0.2, 0) is 9.59 Å². The molecule has 2 aliphatic rings. The summed E-state index contributed by atoms with van der Waals surface area (Å²) < 4.78 is 56.7. The molecule has 0 saturated carbocycles. The minimum absolute atomic E-state index is 0.000179. The Hall–Kier alpha value is -14.4. The maximum atomic E-state index is 14.6. The maximum Gasteiger partial charge on any atom is 0.405 e. The van der Waals surface area contributed by atoms with Gasteiger partial charge in [0, 0.05) is 60.0 Å². The van der Waals surface area contributed by atoms with Gasteiger partial charge in [-0.15, -0.1) is 22.7 Å². The van der Waals surface area contributed by atoms with Crippen molar-refractivity contribution in [3.05, 3.63) is 319 Å². The first-order valence-electron chi connectivity index (χ1n) is 39.2. The minimum Gasteiger partial charge on any atom is -0.423 e. The smallest absolute Gasteiger partial charge is 0.405 e. The number of alkyl halides is 3. The summed E-state index contributed by atoms with van der Waals surface area (Å²) in [5.74, 6) is -4.97. The van der Waals surface area contributed by atoms with Gasteiger partial charge in [-0.1, -0.05) is 155 Å². The molecule has 0 atom stereocenters. The van der Waals surface area contributed by atoms with Crippen molar-refractivity contribution in [1.82, 2.24) is 39.4 Å². The zero-order chi connectivity index (χ0) is 84.3. The Morgan fingerprint density at radius 2 is 0.893 bits per heavy atom. The number of aromatic nitrogens is 4. The molecule has 10 aromatic carbocycles. The van der Waals surface area contributed by atoms with Gasteiger partial charge in [-0.05, 0) is 178 Å². The highest BCUT2D eigenvalue weighted by Crippen LogP contribution is 2.40. The molecule has 6 heterocycles. The van der Waals surface area contributed by atoms with E-state index in [-0.39, 0.29) is 101 Å². The number of rotatable bonds is 26. The first-order chi connectivity index (χ1) is 58.6. The number of nitrogens with one attached hydrogen (secondary N) is 2. The number of halogens is 3. The normalized spacial score (nSPS) is 13.0. The van der Waals surface area contributed by atoms with Gasteiger partial charge in [0.05, 0.1) is 65.7 Å². The summed E-state index contributed by atoms with van der Waals surface area (Å²) in [4.78, 5) is 126. The highest BCUT2D eigenvalue weighted by atomic mass is 32.1. The van der Waals surface area contributed by atoms with E-state index >= 15 is 0 Å². The number of aryl methyl sites for hydroxylation is 2. The van der Waals surface area contributed by atoms with Crippen molar-refractivity contribution in [1.29, 1.82) is 5.26 Å². The van der Waals surface area contributed by atoms with E-state index in [1.807, 2.05) is 196 Å². The predicted molar refractivity (Wildman–Crippen MR) is 462 cm³/mol. The molecule has 16 rings (SSSR count). The molecule has 121 heavy (non-hydrogen) atoms. The highest BCUT2D eigenvalue weighted by Gasteiger charge is 2.41. The van der Waals surface area contributed by atoms with E-state index in [0.717, 1.165) is 52.2 Å². The molecule has 0 fully saturated rings. The molecule has 0 aliphatic carbocycles. The molecule has 14 aromatic rings. The van der Waals surface area contributed by atoms with E-state index in [1.165, 1.54) is 59.1 Å². The summed E-state index contributed by atoms with van der Waals surface area (Å²) in [6.07, 6.45) is -3.60. The van der Waals surface area contributed by atoms with Crippen LogP contribution in [0.5, 0.6) is 11.5 Å². The Kier molecular flexibility index (Phi) is 22.8. The van der Waals surface area contributed by atoms with Crippen molar-refractivity contribution >= 4 is 148 Å². The van der Waals surface area contributed by atoms with Crippen LogP contribution in [0.4, 0.5) is 13.2 Å². The van der Waals surface area contributed by atoms with Gasteiger partial charge in [0.1, 0.15) is 39.7 Å². The van der Waals surface area contributed by atoms with Crippen molar-refractivity contribution in [3.8, 4) is 40.1 Å². The lowest BCUT2D eigenvalue weighted by Crippen LogP contribution is -2.54. The standard InChI is InChI=1S/C94H71B2F3N10O10S2/c1-5-102-77(110)30-18-20-48-106-88(112)68-44-38-61(52-70(68)90(106)114)93(117)119-67-42-36-59(37-43-67)83-80-79(84(72(54-100)86-104-73-46-32-56(2)50-75(73)120-86)108(83)95(62-22-10-6-11-23-62)63-24-12-7-13-25-63)82(109(96(64-26-14-8-15-27-64)65-28-16-9-17-29-65)85(80)81(101-4)87-105-74-47-33-57(3)51-76(74)121-87)58-34-40-66(41-35-58)118-92(116)60-39-45-69-71(53-60)91(115)107(89(69)113)49-21-19-31-78(111)103-55-94(97,98)99/h6-17,22-29,32-47,50-53H,5,18-21,30-31,48-49,55H2,1-3H3,(H,102,110)(H,103,111)/b84-72-,85-81+. The SMILES string of the molecule is [C-]#[N+]/C(c1nc2ccc(C)cc2s1)=c1\c2c(-c3ccc(OC(=O)c4ccc5c(c4)C(=O)N(CCCCC(=O)NCC)C5=O)cc3)n(B(c3ccccc3)c3ccccc3)/c(=C(/C#N)c3nc4ccc(C)cc4s3)c2c(-c2ccc(OC(=O)c3ccc4c(c3)C(=O)N(CCCCC(=O)NCC(F)(F)F)C4=O)cc2)n1B(c1ccccc1)c1ccccc1. The summed E-state index contributed by atoms with van der Waals surface area (Å²) in [6, 6.07) is 75.9. The van der Waals surface area contributed by atoms with Gasteiger partial charge in [-0.25, -0.2) is 24.4 Å². The Labute approximate surface area is 700 Å². The molecule has 4 aromatic heterocycles. The van der Waals surface area contributed by atoms with Gasteiger partial charge >= 0.3 is 31.8 Å². The van der Waals surface area contributed by atoms with Crippen molar-refractivity contribution in [2.24, 2.45) is 0 Å². The van der Waals surface area contributed by atoms with Crippen LogP contribution < -0.4 is 52.7 Å². The number of carbonyl (C=O) groups excluding carboxylic acids is 8. The topological polar surface area (TPSA) is 249 Å². The molecule has 6 amide bonds. The lowest BCUT2D eigenvalue weighted by Gasteiger charge is -2.24. The molecule has 27 heteroatoms. The summed E-state index contributed by atoms with van der Waals surface area (Å²) in [5, 5.41) is 19.7. The molecule has 2 N–H and O–H groups in total. The zero-order valence-electron chi connectivity index (χ0n) is 65.4. The van der Waals surface area contributed by atoms with Crippen LogP contribution in [0.3, 0.4) is 0 Å². The van der Waals surface area contributed by atoms with Crippen LogP contribution in [0.15, 0.2) is 243 Å². The third kappa shape index (κ3) is 16.2. The Bertz CT molecular complexity index is 6390. The predicted octanol–water partition coefficient (Wildman–Crippen LogP) is 13.5. The zero-order valence-corrected chi connectivity index (χ0v) is 67.1. The number of nitriles is 1. The van der Waals surface area contributed by atoms with E-state index in [2.05, 4.69) is 25.2 Å². The lowest BCUT2D eigenvalue weighted by atomic mass is 9.50. The number of nitrogens with zero attached hydrogens (tertiary/aromatic N) is 8. The number of fused-ring (bicyclic) bond motifs is 5. The van der Waals surface area contributed by atoms with Gasteiger partial charge in [-0.3, -0.25) is 38.6 Å². The van der Waals surface area contributed by atoms with Crippen LogP contribution >= 0.6 is 22.7 Å². The van der Waals surface area contributed by atoms with Crippen LogP contribution in [0.2, 0.25) is 0 Å². The van der Waals surface area contributed by atoms with Crippen molar-refractivity contribution in [2.75, 3.05) is 26.2 Å². The molecule has 0 radical (unpaired) electrons. The first kappa shape index (κ1) is 80.4. The van der Waals surface area contributed by atoms with Gasteiger partial charge in [0.15, 0.2) is 0 Å². The number of hydrogen-bond acceptors (Lipinski definition) is 15. The van der Waals surface area contributed by atoms with Crippen LogP contribution in [0, 0.1) is 31.8 Å². The van der Waals surface area contributed by atoms with Crippen molar-refractivity contribution < 1.29 is 61.0 Å². The van der Waals surface area contributed by atoms with E-state index in [4.69, 9.17) is 19.4 Å². The molecule has 2 aliphatic heterocycles. The molecule has 20 nitrogen and oxygen atoms in total. The molecule has 596 valence electrons. The van der Waals surface area contributed by atoms with Crippen molar-refractivity contribution in [2.45, 2.75) is 65.5 Å². The van der Waals surface area contributed by atoms with Crippen molar-refractivity contribution in [3.63, 3.8) is 0 Å². The Morgan fingerprint density at radius 3 is 1.31 bits per heavy atom. The number of esters is 2. The summed E-state index contributed by atoms with van der Waals surface area (Å²) >= 11 is 2.70. The van der Waals surface area contributed by atoms with Crippen LogP contribution in [0.1, 0.15) is 129 Å². The second-order valence-corrected chi connectivity index (χ2v) is 31.5. The Morgan fingerprint density at radius 1 is 0.496 bits per heavy atom. The van der Waals surface area contributed by atoms with Gasteiger partial charge < -0.3 is 29.1 Å². The number of hydrogen-bond donors (Lipinski definition) is 2. The van der Waals surface area contributed by atoms with E-state index in [1.54, 1.807) is 36.4 Å². The number of thiazole rings is 2. The fraction of sp³-hybridized carbons (Fsp3) is 0.149. The second kappa shape index (κ2) is 34.3. The maximum absolute atomic E-state index is 14.6. The molecular formula is C94H71B2F3N10O10S2. The van der Waals surface area contributed by atoms with Gasteiger partial charge in [-0.2, -0.15) is 18.4 Å². The number of ether oxygens (including phenoxy) is 2. The quantitative estimate of drug-likeness (QED) is 0.0128. The van der Waals surface area contributed by atoms with E-state index < -0.39 is 67.9 Å². The third-order valence-electron chi connectivity index (χ3n) is 21.3. The lowest BCUT2D eigenvalue weighted by molar-refractivity contribution is -0.138. The summed E-state index contributed by atoms with van der Waals surface area (Å²) in [5.41, 5.74) is 8.70. The van der Waals surface area contributed by atoms with Gasteiger partial charge in [0.25, 0.3) is 23.6 Å². The third-order valence-corrected chi connectivity index (χ3v) is 23.4. The van der Waals surface area contributed by atoms with Crippen LogP contribution in [0.25, 0.3) is 69.8 Å². The van der Waals surface area contributed by atoms with E-state index in [9.17, 15) is 63.4 Å². The summed E-state index contributed by atoms with van der Waals surface area (Å²) in [7, 11) is 0. The molecule has 0 bridgehead atoms. The number of amides is 6. The molecule has 0 spiro atoms. The van der Waals surface area contributed by atoms with E-state index in [0.29, 0.717) is 84.4 Å². The fourth-order valence-corrected chi connectivity index (χ4v) is 17.9. The monoisotopic (exact) mass is 1640 g/mol. The Balaban J connectivity index is 0.926. The number of carbonyl (C=O) groups is 8. The minimum atomic E-state index is -4.59.